The molecule has 92 valence electrons. The molecule has 0 saturated heterocycles. The van der Waals surface area contributed by atoms with Crippen LogP contribution in [0.4, 0.5) is 0 Å². The molecule has 3 heteroatoms. The highest BCUT2D eigenvalue weighted by atomic mass is 16.5. The quantitative estimate of drug-likeness (QED) is 0.765. The second kappa shape index (κ2) is 5.32. The SMILES string of the molecule is COc1ccc(C(=O)CNCC2CC2)c(C)c1. The normalized spacial score (nSPS) is 14.7. The molecule has 0 heterocycles. The Kier molecular flexibility index (Phi) is 3.79. The molecule has 1 aliphatic rings. The molecule has 2 rings (SSSR count). The lowest BCUT2D eigenvalue weighted by Crippen LogP contribution is -2.25. The minimum atomic E-state index is 0.158. The summed E-state index contributed by atoms with van der Waals surface area (Å²) >= 11 is 0. The number of carbonyl (C=O) groups excluding carboxylic acids is 1. The molecule has 17 heavy (non-hydrogen) atoms. The molecular formula is C14H19NO2. The van der Waals surface area contributed by atoms with E-state index in [9.17, 15) is 4.79 Å². The largest absolute Gasteiger partial charge is 0.497 e. The molecule has 1 aromatic carbocycles. The lowest BCUT2D eigenvalue weighted by molar-refractivity contribution is 0.0990. The molecule has 0 radical (unpaired) electrons. The molecule has 0 amide bonds. The topological polar surface area (TPSA) is 38.3 Å². The molecule has 1 fully saturated rings. The fourth-order valence-electron chi connectivity index (χ4n) is 1.88. The molecule has 1 aliphatic carbocycles. The Hall–Kier alpha value is -1.35. The van der Waals surface area contributed by atoms with E-state index in [-0.39, 0.29) is 5.78 Å². The molecular weight excluding hydrogens is 214 g/mol. The summed E-state index contributed by atoms with van der Waals surface area (Å²) in [5.74, 6) is 1.76. The van der Waals surface area contributed by atoms with Crippen LogP contribution in [0.5, 0.6) is 5.75 Å². The van der Waals surface area contributed by atoms with Crippen molar-refractivity contribution >= 4 is 5.78 Å². The summed E-state index contributed by atoms with van der Waals surface area (Å²) in [5, 5.41) is 3.22. The van der Waals surface area contributed by atoms with Gasteiger partial charge in [-0.1, -0.05) is 0 Å². The standard InChI is InChI=1S/C14H19NO2/c1-10-7-12(17-2)5-6-13(10)14(16)9-15-8-11-3-4-11/h5-7,11,15H,3-4,8-9H2,1-2H3. The van der Waals surface area contributed by atoms with Crippen molar-refractivity contribution in [2.45, 2.75) is 19.8 Å². The van der Waals surface area contributed by atoms with E-state index >= 15 is 0 Å². The van der Waals surface area contributed by atoms with E-state index in [1.165, 1.54) is 12.8 Å². The summed E-state index contributed by atoms with van der Waals surface area (Å²) in [6.45, 7) is 3.35. The van der Waals surface area contributed by atoms with Crippen LogP contribution in [-0.2, 0) is 0 Å². The fourth-order valence-corrected chi connectivity index (χ4v) is 1.88. The molecule has 0 atom stereocenters. The molecule has 1 N–H and O–H groups in total. The van der Waals surface area contributed by atoms with Crippen molar-refractivity contribution in [1.82, 2.24) is 5.32 Å². The van der Waals surface area contributed by atoms with Gasteiger partial charge in [0.05, 0.1) is 13.7 Å². The van der Waals surface area contributed by atoms with Crippen molar-refractivity contribution < 1.29 is 9.53 Å². The van der Waals surface area contributed by atoms with Crippen molar-refractivity contribution in [3.63, 3.8) is 0 Å². The van der Waals surface area contributed by atoms with E-state index in [2.05, 4.69) is 5.32 Å². The average Bonchev–Trinajstić information content (AvgIpc) is 3.12. The number of nitrogens with one attached hydrogen (secondary N) is 1. The summed E-state index contributed by atoms with van der Waals surface area (Å²) in [5.41, 5.74) is 1.76. The Bertz CT molecular complexity index is 411. The second-order valence-electron chi connectivity index (χ2n) is 4.68. The number of aryl methyl sites for hydroxylation is 1. The summed E-state index contributed by atoms with van der Waals surface area (Å²) in [4.78, 5) is 12.0. The number of rotatable bonds is 6. The first-order chi connectivity index (χ1) is 8.20. The van der Waals surface area contributed by atoms with Crippen LogP contribution in [0.1, 0.15) is 28.8 Å². The highest BCUT2D eigenvalue weighted by Gasteiger charge is 2.20. The maximum absolute atomic E-state index is 12.0. The van der Waals surface area contributed by atoms with Gasteiger partial charge in [-0.15, -0.1) is 0 Å². The summed E-state index contributed by atoms with van der Waals surface area (Å²) in [6.07, 6.45) is 2.62. The first-order valence-corrected chi connectivity index (χ1v) is 6.09. The third-order valence-corrected chi connectivity index (χ3v) is 3.15. The zero-order chi connectivity index (χ0) is 12.3. The van der Waals surface area contributed by atoms with E-state index in [1.54, 1.807) is 7.11 Å². The van der Waals surface area contributed by atoms with Gasteiger partial charge in [-0.2, -0.15) is 0 Å². The van der Waals surface area contributed by atoms with Gasteiger partial charge in [0, 0.05) is 5.56 Å². The van der Waals surface area contributed by atoms with Gasteiger partial charge < -0.3 is 10.1 Å². The van der Waals surface area contributed by atoms with E-state index < -0.39 is 0 Å². The van der Waals surface area contributed by atoms with Crippen LogP contribution < -0.4 is 10.1 Å². The first-order valence-electron chi connectivity index (χ1n) is 6.09. The zero-order valence-electron chi connectivity index (χ0n) is 10.5. The van der Waals surface area contributed by atoms with Crippen molar-refractivity contribution in [3.05, 3.63) is 29.3 Å². The average molecular weight is 233 g/mol. The lowest BCUT2D eigenvalue weighted by atomic mass is 10.0. The fraction of sp³-hybridized carbons (Fsp3) is 0.500. The number of hydrogen-bond donors (Lipinski definition) is 1. The van der Waals surface area contributed by atoms with Crippen LogP contribution in [0.25, 0.3) is 0 Å². The number of benzene rings is 1. The molecule has 0 aromatic heterocycles. The first kappa shape index (κ1) is 12.1. The molecule has 0 bridgehead atoms. The Morgan fingerprint density at radius 1 is 1.47 bits per heavy atom. The monoisotopic (exact) mass is 233 g/mol. The second-order valence-corrected chi connectivity index (χ2v) is 4.68. The number of hydrogen-bond acceptors (Lipinski definition) is 3. The van der Waals surface area contributed by atoms with Crippen LogP contribution in [0.2, 0.25) is 0 Å². The summed E-state index contributed by atoms with van der Waals surface area (Å²) in [6, 6.07) is 5.57. The number of Topliss-reactive ketones (excluding diaryl/α,β-unsaturated/α-hetero) is 1. The van der Waals surface area contributed by atoms with Crippen molar-refractivity contribution in [3.8, 4) is 5.75 Å². The Labute approximate surface area is 102 Å². The molecule has 1 aromatic rings. The van der Waals surface area contributed by atoms with Crippen molar-refractivity contribution in [1.29, 1.82) is 0 Å². The molecule has 0 spiro atoms. The van der Waals surface area contributed by atoms with Crippen molar-refractivity contribution in [2.24, 2.45) is 5.92 Å². The molecule has 3 nitrogen and oxygen atoms in total. The number of methoxy groups -OCH3 is 1. The maximum atomic E-state index is 12.0. The maximum Gasteiger partial charge on any atom is 0.176 e. The Morgan fingerprint density at radius 2 is 2.24 bits per heavy atom. The lowest BCUT2D eigenvalue weighted by Gasteiger charge is -2.08. The third-order valence-electron chi connectivity index (χ3n) is 3.15. The van der Waals surface area contributed by atoms with Gasteiger partial charge in [-0.3, -0.25) is 4.79 Å². The van der Waals surface area contributed by atoms with E-state index in [0.717, 1.165) is 29.3 Å². The molecule has 0 unspecified atom stereocenters. The van der Waals surface area contributed by atoms with Crippen LogP contribution in [0, 0.1) is 12.8 Å². The number of carbonyl (C=O) groups is 1. The minimum Gasteiger partial charge on any atom is -0.497 e. The van der Waals surface area contributed by atoms with Gasteiger partial charge in [0.2, 0.25) is 0 Å². The van der Waals surface area contributed by atoms with Crippen LogP contribution in [-0.4, -0.2) is 26.0 Å². The van der Waals surface area contributed by atoms with Crippen molar-refractivity contribution in [2.75, 3.05) is 20.2 Å². The van der Waals surface area contributed by atoms with Gasteiger partial charge in [-0.25, -0.2) is 0 Å². The predicted molar refractivity (Wildman–Crippen MR) is 67.7 cm³/mol. The number of ketones is 1. The van der Waals surface area contributed by atoms with Gasteiger partial charge in [0.15, 0.2) is 5.78 Å². The number of ether oxygens (including phenoxy) is 1. The van der Waals surface area contributed by atoms with E-state index in [1.807, 2.05) is 25.1 Å². The van der Waals surface area contributed by atoms with Crippen LogP contribution in [0.3, 0.4) is 0 Å². The highest BCUT2D eigenvalue weighted by Crippen LogP contribution is 2.27. The van der Waals surface area contributed by atoms with Gasteiger partial charge >= 0.3 is 0 Å². The van der Waals surface area contributed by atoms with Gasteiger partial charge in [-0.05, 0) is 56.0 Å². The molecule has 0 aliphatic heterocycles. The van der Waals surface area contributed by atoms with Crippen LogP contribution in [0.15, 0.2) is 18.2 Å². The van der Waals surface area contributed by atoms with Crippen LogP contribution >= 0.6 is 0 Å². The minimum absolute atomic E-state index is 0.158. The van der Waals surface area contributed by atoms with Gasteiger partial charge in [0.25, 0.3) is 0 Å². The Balaban J connectivity index is 1.92. The van der Waals surface area contributed by atoms with Gasteiger partial charge in [0.1, 0.15) is 5.75 Å². The smallest absolute Gasteiger partial charge is 0.176 e. The van der Waals surface area contributed by atoms with E-state index in [4.69, 9.17) is 4.74 Å². The molecule has 1 saturated carbocycles. The summed E-state index contributed by atoms with van der Waals surface area (Å²) < 4.78 is 5.12. The highest BCUT2D eigenvalue weighted by molar-refractivity contribution is 5.99. The van der Waals surface area contributed by atoms with E-state index in [0.29, 0.717) is 6.54 Å². The summed E-state index contributed by atoms with van der Waals surface area (Å²) in [7, 11) is 1.63. The Morgan fingerprint density at radius 3 is 2.82 bits per heavy atom. The third kappa shape index (κ3) is 3.30. The predicted octanol–water partition coefficient (Wildman–Crippen LogP) is 2.19. The zero-order valence-corrected chi connectivity index (χ0v) is 10.5.